The SMILES string of the molecule is COc1ccsc1S(=O)(=O)NCC(N)c1ccc(C(C)C)cc1. The number of nitrogens with one attached hydrogen (secondary N) is 1. The Kier molecular flexibility index (Phi) is 5.80. The van der Waals surface area contributed by atoms with Gasteiger partial charge < -0.3 is 10.5 Å². The Morgan fingerprint density at radius 2 is 1.78 bits per heavy atom. The van der Waals surface area contributed by atoms with Gasteiger partial charge in [-0.05, 0) is 28.5 Å². The number of rotatable bonds is 7. The number of hydrogen-bond acceptors (Lipinski definition) is 5. The summed E-state index contributed by atoms with van der Waals surface area (Å²) >= 11 is 1.12. The molecule has 0 fully saturated rings. The van der Waals surface area contributed by atoms with Gasteiger partial charge in [-0.2, -0.15) is 0 Å². The summed E-state index contributed by atoms with van der Waals surface area (Å²) in [4.78, 5) is 0. The third-order valence-electron chi connectivity index (χ3n) is 3.58. The molecule has 2 aromatic rings. The second-order valence-corrected chi connectivity index (χ2v) is 8.43. The number of nitrogens with two attached hydrogens (primary N) is 1. The molecular weight excluding hydrogens is 332 g/mol. The van der Waals surface area contributed by atoms with Crippen molar-refractivity contribution in [3.05, 3.63) is 46.8 Å². The van der Waals surface area contributed by atoms with E-state index in [0.29, 0.717) is 11.7 Å². The minimum atomic E-state index is -3.62. The van der Waals surface area contributed by atoms with E-state index in [0.717, 1.165) is 16.9 Å². The monoisotopic (exact) mass is 354 g/mol. The van der Waals surface area contributed by atoms with E-state index in [4.69, 9.17) is 10.5 Å². The van der Waals surface area contributed by atoms with Crippen LogP contribution in [-0.4, -0.2) is 22.1 Å². The lowest BCUT2D eigenvalue weighted by Gasteiger charge is -2.14. The Bertz CT molecular complexity index is 737. The van der Waals surface area contributed by atoms with Gasteiger partial charge in [-0.25, -0.2) is 13.1 Å². The molecule has 0 aliphatic carbocycles. The first-order valence-corrected chi connectivity index (χ1v) is 9.68. The van der Waals surface area contributed by atoms with Crippen molar-refractivity contribution >= 4 is 21.4 Å². The number of thiophene rings is 1. The number of hydrogen-bond donors (Lipinski definition) is 2. The maximum absolute atomic E-state index is 12.3. The second-order valence-electron chi connectivity index (χ2n) is 5.56. The van der Waals surface area contributed by atoms with Crippen LogP contribution in [-0.2, 0) is 10.0 Å². The quantitative estimate of drug-likeness (QED) is 0.801. The van der Waals surface area contributed by atoms with Crippen molar-refractivity contribution in [3.63, 3.8) is 0 Å². The van der Waals surface area contributed by atoms with Crippen LogP contribution >= 0.6 is 11.3 Å². The fourth-order valence-corrected chi connectivity index (χ4v) is 4.52. The van der Waals surface area contributed by atoms with Crippen LogP contribution in [0.3, 0.4) is 0 Å². The van der Waals surface area contributed by atoms with Crippen molar-refractivity contribution in [2.45, 2.75) is 30.0 Å². The highest BCUT2D eigenvalue weighted by molar-refractivity contribution is 7.91. The van der Waals surface area contributed by atoms with Crippen molar-refractivity contribution in [2.24, 2.45) is 5.73 Å². The predicted molar refractivity (Wildman–Crippen MR) is 93.5 cm³/mol. The normalized spacial score (nSPS) is 13.3. The van der Waals surface area contributed by atoms with Crippen molar-refractivity contribution in [2.75, 3.05) is 13.7 Å². The molecule has 0 spiro atoms. The first-order valence-electron chi connectivity index (χ1n) is 7.31. The van der Waals surface area contributed by atoms with Gasteiger partial charge in [0.25, 0.3) is 10.0 Å². The molecule has 0 saturated heterocycles. The van der Waals surface area contributed by atoms with Gasteiger partial charge in [0.2, 0.25) is 0 Å². The van der Waals surface area contributed by atoms with Crippen molar-refractivity contribution in [1.29, 1.82) is 0 Å². The lowest BCUT2D eigenvalue weighted by atomic mass is 9.99. The number of methoxy groups -OCH3 is 1. The Labute approximate surface area is 141 Å². The largest absolute Gasteiger partial charge is 0.494 e. The summed E-state index contributed by atoms with van der Waals surface area (Å²) in [5.74, 6) is 0.794. The van der Waals surface area contributed by atoms with E-state index < -0.39 is 16.1 Å². The Balaban J connectivity index is 2.04. The standard InChI is InChI=1S/C16H22N2O3S2/c1-11(2)12-4-6-13(7-5-12)14(17)10-18-23(19,20)16-15(21-3)8-9-22-16/h4-9,11,14,18H,10,17H2,1-3H3. The molecular formula is C16H22N2O3S2. The van der Waals surface area contributed by atoms with Crippen LogP contribution in [0, 0.1) is 0 Å². The van der Waals surface area contributed by atoms with Crippen LogP contribution in [0.1, 0.15) is 36.9 Å². The van der Waals surface area contributed by atoms with Crippen LogP contribution in [0.15, 0.2) is 39.9 Å². The molecule has 1 atom stereocenters. The smallest absolute Gasteiger partial charge is 0.253 e. The Morgan fingerprint density at radius 3 is 2.35 bits per heavy atom. The van der Waals surface area contributed by atoms with Gasteiger partial charge in [-0.15, -0.1) is 11.3 Å². The molecule has 1 aromatic heterocycles. The molecule has 0 bridgehead atoms. The van der Waals surface area contributed by atoms with Gasteiger partial charge in [-0.3, -0.25) is 0 Å². The summed E-state index contributed by atoms with van der Waals surface area (Å²) in [5.41, 5.74) is 8.22. The number of benzene rings is 1. The second kappa shape index (κ2) is 7.44. The Morgan fingerprint density at radius 1 is 1.17 bits per heavy atom. The molecule has 1 aromatic carbocycles. The molecule has 0 saturated carbocycles. The van der Waals surface area contributed by atoms with Gasteiger partial charge in [-0.1, -0.05) is 38.1 Å². The highest BCUT2D eigenvalue weighted by Crippen LogP contribution is 2.29. The van der Waals surface area contributed by atoms with E-state index >= 15 is 0 Å². The van der Waals surface area contributed by atoms with Crippen molar-refractivity contribution in [1.82, 2.24) is 4.72 Å². The predicted octanol–water partition coefficient (Wildman–Crippen LogP) is 2.86. The van der Waals surface area contributed by atoms with E-state index in [9.17, 15) is 8.42 Å². The number of ether oxygens (including phenoxy) is 1. The summed E-state index contributed by atoms with van der Waals surface area (Å²) in [7, 11) is -2.17. The van der Waals surface area contributed by atoms with E-state index in [1.54, 1.807) is 11.4 Å². The maximum atomic E-state index is 12.3. The van der Waals surface area contributed by atoms with Gasteiger partial charge >= 0.3 is 0 Å². The number of sulfonamides is 1. The molecule has 1 unspecified atom stereocenters. The molecule has 7 heteroatoms. The molecule has 5 nitrogen and oxygen atoms in total. The van der Waals surface area contributed by atoms with Crippen LogP contribution in [0.5, 0.6) is 5.75 Å². The van der Waals surface area contributed by atoms with Crippen LogP contribution in [0.4, 0.5) is 0 Å². The van der Waals surface area contributed by atoms with Crippen LogP contribution in [0.25, 0.3) is 0 Å². The molecule has 0 amide bonds. The molecule has 126 valence electrons. The summed E-state index contributed by atoms with van der Waals surface area (Å²) < 4.78 is 32.4. The topological polar surface area (TPSA) is 81.4 Å². The van der Waals surface area contributed by atoms with Gasteiger partial charge in [0.1, 0.15) is 5.75 Å². The maximum Gasteiger partial charge on any atom is 0.253 e. The first kappa shape index (κ1) is 17.9. The summed E-state index contributed by atoms with van der Waals surface area (Å²) in [5, 5.41) is 1.68. The molecule has 3 N–H and O–H groups in total. The zero-order valence-corrected chi connectivity index (χ0v) is 15.1. The molecule has 0 aliphatic rings. The highest BCUT2D eigenvalue weighted by Gasteiger charge is 2.22. The Hall–Kier alpha value is -1.41. The lowest BCUT2D eigenvalue weighted by Crippen LogP contribution is -2.31. The third kappa shape index (κ3) is 4.32. The average Bonchev–Trinajstić information content (AvgIpc) is 3.02. The minimum absolute atomic E-state index is 0.129. The molecule has 23 heavy (non-hydrogen) atoms. The summed E-state index contributed by atoms with van der Waals surface area (Å²) in [6, 6.07) is 9.16. The zero-order valence-electron chi connectivity index (χ0n) is 13.4. The third-order valence-corrected chi connectivity index (χ3v) is 6.45. The highest BCUT2D eigenvalue weighted by atomic mass is 32.2. The molecule has 2 rings (SSSR count). The first-order chi connectivity index (χ1) is 10.8. The van der Waals surface area contributed by atoms with Crippen LogP contribution < -0.4 is 15.2 Å². The van der Waals surface area contributed by atoms with Crippen molar-refractivity contribution < 1.29 is 13.2 Å². The fraction of sp³-hybridized carbons (Fsp3) is 0.375. The van der Waals surface area contributed by atoms with Gasteiger partial charge in [0, 0.05) is 12.6 Å². The summed E-state index contributed by atoms with van der Waals surface area (Å²) in [6.07, 6.45) is 0. The zero-order chi connectivity index (χ0) is 17.0. The van der Waals surface area contributed by atoms with Gasteiger partial charge in [0.05, 0.1) is 7.11 Å². The van der Waals surface area contributed by atoms with Crippen LogP contribution in [0.2, 0.25) is 0 Å². The van der Waals surface area contributed by atoms with E-state index in [1.165, 1.54) is 12.7 Å². The van der Waals surface area contributed by atoms with E-state index in [-0.39, 0.29) is 10.8 Å². The van der Waals surface area contributed by atoms with Crippen molar-refractivity contribution in [3.8, 4) is 5.75 Å². The fourth-order valence-electron chi connectivity index (χ4n) is 2.14. The molecule has 1 heterocycles. The lowest BCUT2D eigenvalue weighted by molar-refractivity contribution is 0.406. The minimum Gasteiger partial charge on any atom is -0.494 e. The average molecular weight is 354 g/mol. The molecule has 0 radical (unpaired) electrons. The molecule has 0 aliphatic heterocycles. The summed E-state index contributed by atoms with van der Waals surface area (Å²) in [6.45, 7) is 4.37. The van der Waals surface area contributed by atoms with Gasteiger partial charge in [0.15, 0.2) is 4.21 Å². The van der Waals surface area contributed by atoms with E-state index in [2.05, 4.69) is 18.6 Å². The van der Waals surface area contributed by atoms with E-state index in [1.807, 2.05) is 24.3 Å².